The molecule has 1 saturated heterocycles. The van der Waals surface area contributed by atoms with Gasteiger partial charge >= 0.3 is 0 Å². The predicted molar refractivity (Wildman–Crippen MR) is 62.8 cm³/mol. The average Bonchev–Trinajstić information content (AvgIpc) is 2.32. The van der Waals surface area contributed by atoms with Gasteiger partial charge < -0.3 is 9.47 Å². The van der Waals surface area contributed by atoms with Gasteiger partial charge in [-0.25, -0.2) is 0 Å². The van der Waals surface area contributed by atoms with Gasteiger partial charge in [-0.15, -0.1) is 0 Å². The van der Waals surface area contributed by atoms with E-state index in [2.05, 4.69) is 6.58 Å². The quantitative estimate of drug-likeness (QED) is 0.703. The molecule has 1 unspecified atom stereocenters. The van der Waals surface area contributed by atoms with Crippen molar-refractivity contribution in [2.75, 3.05) is 19.8 Å². The van der Waals surface area contributed by atoms with Crippen LogP contribution in [0.15, 0.2) is 36.9 Å². The van der Waals surface area contributed by atoms with E-state index in [0.717, 1.165) is 19.8 Å². The van der Waals surface area contributed by atoms with E-state index in [1.54, 1.807) is 0 Å². The fourth-order valence-electron chi connectivity index (χ4n) is 1.19. The second-order valence-electron chi connectivity index (χ2n) is 3.37. The Bertz CT molecular complexity index is 263. The van der Waals surface area contributed by atoms with Crippen LogP contribution < -0.4 is 0 Å². The highest BCUT2D eigenvalue weighted by molar-refractivity contribution is 5.45. The van der Waals surface area contributed by atoms with E-state index in [4.69, 9.17) is 9.47 Å². The van der Waals surface area contributed by atoms with E-state index in [0.29, 0.717) is 6.10 Å². The van der Waals surface area contributed by atoms with Gasteiger partial charge in [0, 0.05) is 0 Å². The molecule has 0 bridgehead atoms. The van der Waals surface area contributed by atoms with Crippen LogP contribution in [0, 0.1) is 0 Å². The first-order valence-electron chi connectivity index (χ1n) is 5.19. The molecule has 2 rings (SSSR count). The molecule has 82 valence electrons. The van der Waals surface area contributed by atoms with Crippen molar-refractivity contribution in [1.29, 1.82) is 0 Å². The zero-order valence-corrected chi connectivity index (χ0v) is 9.19. The molecule has 2 nitrogen and oxygen atoms in total. The van der Waals surface area contributed by atoms with Crippen molar-refractivity contribution >= 4 is 6.08 Å². The molecule has 15 heavy (non-hydrogen) atoms. The largest absolute Gasteiger partial charge is 0.376 e. The van der Waals surface area contributed by atoms with Gasteiger partial charge in [-0.2, -0.15) is 0 Å². The summed E-state index contributed by atoms with van der Waals surface area (Å²) >= 11 is 0. The van der Waals surface area contributed by atoms with Crippen LogP contribution in [0.2, 0.25) is 0 Å². The molecule has 1 heterocycles. The van der Waals surface area contributed by atoms with Crippen molar-refractivity contribution in [2.24, 2.45) is 0 Å². The highest BCUT2D eigenvalue weighted by atomic mass is 16.6. The van der Waals surface area contributed by atoms with Crippen LogP contribution in [0.1, 0.15) is 12.5 Å². The van der Waals surface area contributed by atoms with Crippen LogP contribution in [0.5, 0.6) is 0 Å². The average molecular weight is 206 g/mol. The lowest BCUT2D eigenvalue weighted by Crippen LogP contribution is -2.25. The SMILES string of the molecule is C=Cc1ccccc1.CC1COCCO1. The van der Waals surface area contributed by atoms with Gasteiger partial charge in [0.15, 0.2) is 0 Å². The molecule has 0 saturated carbocycles. The monoisotopic (exact) mass is 206 g/mol. The number of hydrogen-bond acceptors (Lipinski definition) is 2. The van der Waals surface area contributed by atoms with E-state index in [1.165, 1.54) is 5.56 Å². The van der Waals surface area contributed by atoms with Crippen LogP contribution in [0.4, 0.5) is 0 Å². The lowest BCUT2D eigenvalue weighted by atomic mass is 10.2. The summed E-state index contributed by atoms with van der Waals surface area (Å²) in [5, 5.41) is 0. The van der Waals surface area contributed by atoms with Crippen LogP contribution >= 0.6 is 0 Å². The van der Waals surface area contributed by atoms with Gasteiger partial charge in [-0.1, -0.05) is 43.0 Å². The van der Waals surface area contributed by atoms with Gasteiger partial charge in [0.2, 0.25) is 0 Å². The van der Waals surface area contributed by atoms with E-state index in [1.807, 2.05) is 43.3 Å². The fourth-order valence-corrected chi connectivity index (χ4v) is 1.19. The standard InChI is InChI=1S/C8H8.C5H10O2/c1-2-8-6-4-3-5-7-8;1-5-4-6-2-3-7-5/h2-7H,1H2;5H,2-4H2,1H3. The van der Waals surface area contributed by atoms with E-state index < -0.39 is 0 Å². The number of ether oxygens (including phenoxy) is 2. The van der Waals surface area contributed by atoms with Gasteiger partial charge in [-0.3, -0.25) is 0 Å². The van der Waals surface area contributed by atoms with Crippen molar-refractivity contribution in [3.8, 4) is 0 Å². The Morgan fingerprint density at radius 2 is 2.00 bits per heavy atom. The summed E-state index contributed by atoms with van der Waals surface area (Å²) in [6.07, 6.45) is 2.15. The van der Waals surface area contributed by atoms with Crippen molar-refractivity contribution in [1.82, 2.24) is 0 Å². The first kappa shape index (κ1) is 12.0. The summed E-state index contributed by atoms with van der Waals surface area (Å²) in [5.74, 6) is 0. The molecular weight excluding hydrogens is 188 g/mol. The molecule has 1 aromatic carbocycles. The maximum Gasteiger partial charge on any atom is 0.0781 e. The third-order valence-electron chi connectivity index (χ3n) is 2.02. The summed E-state index contributed by atoms with van der Waals surface area (Å²) in [7, 11) is 0. The Labute approximate surface area is 91.5 Å². The molecule has 1 fully saturated rings. The Kier molecular flexibility index (Phi) is 5.74. The van der Waals surface area contributed by atoms with Crippen molar-refractivity contribution in [3.63, 3.8) is 0 Å². The Hall–Kier alpha value is -1.12. The molecule has 2 heteroatoms. The summed E-state index contributed by atoms with van der Waals surface area (Å²) in [4.78, 5) is 0. The van der Waals surface area contributed by atoms with Crippen LogP contribution in [-0.2, 0) is 9.47 Å². The maximum atomic E-state index is 5.15. The molecule has 0 aromatic heterocycles. The van der Waals surface area contributed by atoms with Gasteiger partial charge in [0.25, 0.3) is 0 Å². The number of hydrogen-bond donors (Lipinski definition) is 0. The molecule has 0 N–H and O–H groups in total. The smallest absolute Gasteiger partial charge is 0.0781 e. The highest BCUT2D eigenvalue weighted by Gasteiger charge is 2.06. The normalized spacial score (nSPS) is 19.9. The molecule has 1 aromatic rings. The summed E-state index contributed by atoms with van der Waals surface area (Å²) < 4.78 is 10.2. The fraction of sp³-hybridized carbons (Fsp3) is 0.385. The Morgan fingerprint density at radius 1 is 1.27 bits per heavy atom. The highest BCUT2D eigenvalue weighted by Crippen LogP contribution is 1.97. The zero-order chi connectivity index (χ0) is 10.9. The maximum absolute atomic E-state index is 5.15. The molecule has 0 spiro atoms. The first-order valence-corrected chi connectivity index (χ1v) is 5.19. The second-order valence-corrected chi connectivity index (χ2v) is 3.37. The minimum absolute atomic E-state index is 0.314. The van der Waals surface area contributed by atoms with Gasteiger partial charge in [0.1, 0.15) is 0 Å². The van der Waals surface area contributed by atoms with Crippen molar-refractivity contribution in [3.05, 3.63) is 42.5 Å². The van der Waals surface area contributed by atoms with Gasteiger partial charge in [-0.05, 0) is 12.5 Å². The number of rotatable bonds is 1. The molecule has 0 amide bonds. The minimum atomic E-state index is 0.314. The topological polar surface area (TPSA) is 18.5 Å². The third kappa shape index (κ3) is 5.35. The van der Waals surface area contributed by atoms with Crippen LogP contribution in [0.3, 0.4) is 0 Å². The third-order valence-corrected chi connectivity index (χ3v) is 2.02. The predicted octanol–water partition coefficient (Wildman–Crippen LogP) is 2.75. The van der Waals surface area contributed by atoms with Gasteiger partial charge in [0.05, 0.1) is 25.9 Å². The van der Waals surface area contributed by atoms with Crippen LogP contribution in [0.25, 0.3) is 6.08 Å². The van der Waals surface area contributed by atoms with Crippen LogP contribution in [-0.4, -0.2) is 25.9 Å². The zero-order valence-electron chi connectivity index (χ0n) is 9.19. The number of benzene rings is 1. The molecule has 1 atom stereocenters. The lowest BCUT2D eigenvalue weighted by molar-refractivity contribution is -0.0797. The van der Waals surface area contributed by atoms with E-state index in [-0.39, 0.29) is 0 Å². The van der Waals surface area contributed by atoms with Crippen molar-refractivity contribution < 1.29 is 9.47 Å². The second kappa shape index (κ2) is 7.21. The molecule has 0 radical (unpaired) electrons. The molecule has 0 aliphatic carbocycles. The molecular formula is C13H18O2. The Morgan fingerprint density at radius 3 is 2.33 bits per heavy atom. The Balaban J connectivity index is 0.000000151. The summed E-state index contributed by atoms with van der Waals surface area (Å²) in [5.41, 5.74) is 1.17. The van der Waals surface area contributed by atoms with E-state index in [9.17, 15) is 0 Å². The van der Waals surface area contributed by atoms with E-state index >= 15 is 0 Å². The molecule has 1 aliphatic rings. The lowest BCUT2D eigenvalue weighted by Gasteiger charge is -2.18. The molecule has 1 aliphatic heterocycles. The summed E-state index contributed by atoms with van der Waals surface area (Å²) in [6.45, 7) is 7.94. The summed E-state index contributed by atoms with van der Waals surface area (Å²) in [6, 6.07) is 10.0. The minimum Gasteiger partial charge on any atom is -0.376 e. The first-order chi connectivity index (χ1) is 7.33. The van der Waals surface area contributed by atoms with Crippen molar-refractivity contribution in [2.45, 2.75) is 13.0 Å².